The number of benzene rings is 1. The van der Waals surface area contributed by atoms with Crippen molar-refractivity contribution >= 4 is 26.0 Å². The molecule has 1 aromatic rings. The average molecular weight is 389 g/mol. The highest BCUT2D eigenvalue weighted by Crippen LogP contribution is 2.30. The lowest BCUT2D eigenvalue weighted by molar-refractivity contribution is 0.157. The number of rotatable bonds is 3. The highest BCUT2D eigenvalue weighted by atomic mass is 79.9. The quantitative estimate of drug-likeness (QED) is 0.834. The third-order valence-electron chi connectivity index (χ3n) is 3.95. The van der Waals surface area contributed by atoms with Gasteiger partial charge in [0.1, 0.15) is 0 Å². The van der Waals surface area contributed by atoms with E-state index >= 15 is 0 Å². The van der Waals surface area contributed by atoms with Gasteiger partial charge in [-0.25, -0.2) is 13.1 Å². The van der Waals surface area contributed by atoms with Gasteiger partial charge in [0, 0.05) is 21.6 Å². The van der Waals surface area contributed by atoms with Gasteiger partial charge in [-0.3, -0.25) is 0 Å². The molecule has 0 aliphatic carbocycles. The molecule has 1 fully saturated rings. The molecule has 0 aromatic heterocycles. The highest BCUT2D eigenvalue weighted by molar-refractivity contribution is 9.10. The van der Waals surface area contributed by atoms with Gasteiger partial charge in [0.05, 0.1) is 4.90 Å². The Kier molecular flexibility index (Phi) is 4.80. The van der Waals surface area contributed by atoms with Gasteiger partial charge in [-0.2, -0.15) is 0 Å². The van der Waals surface area contributed by atoms with Crippen molar-refractivity contribution in [2.45, 2.75) is 69.5 Å². The van der Waals surface area contributed by atoms with Crippen LogP contribution in [0.4, 0.5) is 0 Å². The maximum Gasteiger partial charge on any atom is 0.241 e. The zero-order valence-corrected chi connectivity index (χ0v) is 16.2. The minimum atomic E-state index is -3.52. The fourth-order valence-corrected chi connectivity index (χ4v) is 5.57. The monoisotopic (exact) mass is 388 g/mol. The fourth-order valence-electron chi connectivity index (χ4n) is 3.55. The van der Waals surface area contributed by atoms with Crippen LogP contribution < -0.4 is 10.0 Å². The molecule has 0 saturated carbocycles. The van der Waals surface area contributed by atoms with E-state index in [1.165, 1.54) is 0 Å². The van der Waals surface area contributed by atoms with Gasteiger partial charge in [-0.1, -0.05) is 22.0 Å². The molecule has 0 atom stereocenters. The van der Waals surface area contributed by atoms with E-state index in [1.807, 2.05) is 19.1 Å². The van der Waals surface area contributed by atoms with Crippen molar-refractivity contribution in [3.63, 3.8) is 0 Å². The van der Waals surface area contributed by atoms with E-state index in [1.54, 1.807) is 6.07 Å². The molecule has 22 heavy (non-hydrogen) atoms. The summed E-state index contributed by atoms with van der Waals surface area (Å²) < 4.78 is 29.2. The van der Waals surface area contributed by atoms with Crippen molar-refractivity contribution in [3.8, 4) is 0 Å². The Bertz CT molecular complexity index is 653. The first-order valence-electron chi connectivity index (χ1n) is 7.48. The zero-order valence-electron chi connectivity index (χ0n) is 13.8. The minimum Gasteiger partial charge on any atom is -0.307 e. The van der Waals surface area contributed by atoms with Crippen molar-refractivity contribution < 1.29 is 8.42 Å². The summed E-state index contributed by atoms with van der Waals surface area (Å²) in [7, 11) is -3.52. The normalized spacial score (nSPS) is 21.7. The second-order valence-corrected chi connectivity index (χ2v) is 10.1. The zero-order chi connectivity index (χ0) is 16.8. The summed E-state index contributed by atoms with van der Waals surface area (Å²) in [6.45, 7) is 10.3. The molecule has 1 aliphatic rings. The van der Waals surface area contributed by atoms with E-state index in [2.05, 4.69) is 53.7 Å². The predicted molar refractivity (Wildman–Crippen MR) is 93.5 cm³/mol. The van der Waals surface area contributed by atoms with E-state index in [-0.39, 0.29) is 17.1 Å². The third kappa shape index (κ3) is 4.31. The van der Waals surface area contributed by atoms with Crippen molar-refractivity contribution in [1.29, 1.82) is 0 Å². The molecule has 0 bridgehead atoms. The SMILES string of the molecule is Cc1ccc(Br)cc1S(=O)(=O)NC1CC(C)(C)NC(C)(C)C1. The van der Waals surface area contributed by atoms with Crippen LogP contribution in [0.15, 0.2) is 27.6 Å². The topological polar surface area (TPSA) is 58.2 Å². The number of nitrogens with one attached hydrogen (secondary N) is 2. The maximum absolute atomic E-state index is 12.7. The predicted octanol–water partition coefficient (Wildman–Crippen LogP) is 3.35. The van der Waals surface area contributed by atoms with E-state index in [0.717, 1.165) is 22.9 Å². The van der Waals surface area contributed by atoms with Crippen LogP contribution in [0.3, 0.4) is 0 Å². The van der Waals surface area contributed by atoms with Crippen LogP contribution in [0.2, 0.25) is 0 Å². The first kappa shape index (κ1) is 17.9. The van der Waals surface area contributed by atoms with Gasteiger partial charge in [0.2, 0.25) is 10.0 Å². The Labute approximate surface area is 142 Å². The molecule has 1 aromatic carbocycles. The summed E-state index contributed by atoms with van der Waals surface area (Å²) in [4.78, 5) is 0.344. The Morgan fingerprint density at radius 1 is 1.18 bits per heavy atom. The Morgan fingerprint density at radius 2 is 1.73 bits per heavy atom. The van der Waals surface area contributed by atoms with Crippen LogP contribution in [0.25, 0.3) is 0 Å². The molecule has 2 N–H and O–H groups in total. The average Bonchev–Trinajstić information content (AvgIpc) is 2.27. The molecule has 1 aliphatic heterocycles. The van der Waals surface area contributed by atoms with E-state index in [9.17, 15) is 8.42 Å². The fraction of sp³-hybridized carbons (Fsp3) is 0.625. The number of halogens is 1. The lowest BCUT2D eigenvalue weighted by Gasteiger charge is -2.46. The van der Waals surface area contributed by atoms with Gasteiger partial charge in [0.15, 0.2) is 0 Å². The van der Waals surface area contributed by atoms with Crippen LogP contribution in [-0.2, 0) is 10.0 Å². The van der Waals surface area contributed by atoms with Crippen LogP contribution in [0, 0.1) is 6.92 Å². The molecule has 0 spiro atoms. The third-order valence-corrected chi connectivity index (χ3v) is 6.11. The van der Waals surface area contributed by atoms with Gasteiger partial charge >= 0.3 is 0 Å². The number of hydrogen-bond donors (Lipinski definition) is 2. The summed E-state index contributed by atoms with van der Waals surface area (Å²) >= 11 is 3.35. The van der Waals surface area contributed by atoms with Gasteiger partial charge in [0.25, 0.3) is 0 Å². The van der Waals surface area contributed by atoms with Gasteiger partial charge < -0.3 is 5.32 Å². The molecule has 1 saturated heterocycles. The lowest BCUT2D eigenvalue weighted by Crippen LogP contribution is -2.62. The number of aryl methyl sites for hydroxylation is 1. The highest BCUT2D eigenvalue weighted by Gasteiger charge is 2.39. The smallest absolute Gasteiger partial charge is 0.241 e. The molecular weight excluding hydrogens is 364 g/mol. The molecule has 124 valence electrons. The van der Waals surface area contributed by atoms with E-state index < -0.39 is 10.0 Å². The van der Waals surface area contributed by atoms with Gasteiger partial charge in [-0.15, -0.1) is 0 Å². The molecule has 1 heterocycles. The van der Waals surface area contributed by atoms with Crippen molar-refractivity contribution in [2.24, 2.45) is 0 Å². The number of hydrogen-bond acceptors (Lipinski definition) is 3. The second kappa shape index (κ2) is 5.89. The minimum absolute atomic E-state index is 0.0744. The van der Waals surface area contributed by atoms with Crippen molar-refractivity contribution in [1.82, 2.24) is 10.0 Å². The molecule has 0 unspecified atom stereocenters. The number of piperidine rings is 1. The summed E-state index contributed by atoms with van der Waals surface area (Å²) in [5.74, 6) is 0. The van der Waals surface area contributed by atoms with Crippen LogP contribution in [0.5, 0.6) is 0 Å². The van der Waals surface area contributed by atoms with Gasteiger partial charge in [-0.05, 0) is 65.2 Å². The molecule has 6 heteroatoms. The van der Waals surface area contributed by atoms with Crippen molar-refractivity contribution in [2.75, 3.05) is 0 Å². The van der Waals surface area contributed by atoms with Crippen LogP contribution in [0.1, 0.15) is 46.1 Å². The summed E-state index contributed by atoms with van der Waals surface area (Å²) in [5, 5.41) is 3.57. The molecule has 0 amide bonds. The summed E-state index contributed by atoms with van der Waals surface area (Å²) in [5.41, 5.74) is 0.561. The standard InChI is InChI=1S/C16H25BrN2O2S/c1-11-6-7-12(17)8-14(11)22(20,21)18-13-9-15(2,3)19-16(4,5)10-13/h6-8,13,18-19H,9-10H2,1-5H3. The molecule has 4 nitrogen and oxygen atoms in total. The largest absolute Gasteiger partial charge is 0.307 e. The van der Waals surface area contributed by atoms with Crippen molar-refractivity contribution in [3.05, 3.63) is 28.2 Å². The first-order valence-corrected chi connectivity index (χ1v) is 9.76. The molecule has 2 rings (SSSR count). The second-order valence-electron chi connectivity index (χ2n) is 7.53. The van der Waals surface area contributed by atoms with Crippen LogP contribution in [-0.4, -0.2) is 25.5 Å². The summed E-state index contributed by atoms with van der Waals surface area (Å²) in [6.07, 6.45) is 1.53. The first-order chi connectivity index (χ1) is 9.90. The Hall–Kier alpha value is -0.430. The Morgan fingerprint density at radius 3 is 2.27 bits per heavy atom. The van der Waals surface area contributed by atoms with E-state index in [0.29, 0.717) is 4.90 Å². The number of sulfonamides is 1. The molecule has 0 radical (unpaired) electrons. The molecular formula is C16H25BrN2O2S. The lowest BCUT2D eigenvalue weighted by atomic mass is 9.80. The van der Waals surface area contributed by atoms with E-state index in [4.69, 9.17) is 0 Å². The maximum atomic E-state index is 12.7. The Balaban J connectivity index is 2.27. The summed E-state index contributed by atoms with van der Waals surface area (Å²) in [6, 6.07) is 5.25. The van der Waals surface area contributed by atoms with Crippen LogP contribution >= 0.6 is 15.9 Å².